The topological polar surface area (TPSA) is 44.0 Å². The molecule has 0 amide bonds. The van der Waals surface area contributed by atoms with Gasteiger partial charge in [0, 0.05) is 0 Å². The van der Waals surface area contributed by atoms with E-state index >= 15 is 0 Å². The molecule has 2 nitrogen and oxygen atoms in total. The zero-order valence-corrected chi connectivity index (χ0v) is 7.26. The average molecular weight is 161 g/mol. The summed E-state index contributed by atoms with van der Waals surface area (Å²) in [7, 11) is 0. The summed E-state index contributed by atoms with van der Waals surface area (Å²) in [6.45, 7) is 3.80. The molecule has 1 aromatic carbocycles. The van der Waals surface area contributed by atoms with Crippen LogP contribution < -0.4 is 0 Å². The van der Waals surface area contributed by atoms with Crippen molar-refractivity contribution in [1.29, 1.82) is 5.26 Å². The van der Waals surface area contributed by atoms with E-state index in [1.807, 2.05) is 13.8 Å². The normalized spacial score (nSPS) is 9.42. The molecular weight excluding hydrogens is 150 g/mol. The first kappa shape index (κ1) is 8.61. The summed E-state index contributed by atoms with van der Waals surface area (Å²) >= 11 is 0. The monoisotopic (exact) mass is 161 g/mol. The largest absolute Gasteiger partial charge is 0.508 e. The quantitative estimate of drug-likeness (QED) is 0.685. The second-order valence-corrected chi connectivity index (χ2v) is 2.89. The van der Waals surface area contributed by atoms with E-state index in [1.54, 1.807) is 12.1 Å². The van der Waals surface area contributed by atoms with Gasteiger partial charge in [0.05, 0.1) is 12.5 Å². The smallest absolute Gasteiger partial charge is 0.116 e. The third-order valence-corrected chi connectivity index (χ3v) is 1.94. The highest BCUT2D eigenvalue weighted by Crippen LogP contribution is 2.20. The number of phenolic OH excluding ortho intramolecular Hbond substituents is 1. The molecule has 1 rings (SSSR count). The van der Waals surface area contributed by atoms with E-state index in [1.165, 1.54) is 0 Å². The Hall–Kier alpha value is -1.49. The van der Waals surface area contributed by atoms with Gasteiger partial charge in [-0.25, -0.2) is 0 Å². The van der Waals surface area contributed by atoms with Gasteiger partial charge in [0.1, 0.15) is 5.75 Å². The summed E-state index contributed by atoms with van der Waals surface area (Å²) < 4.78 is 0. The van der Waals surface area contributed by atoms with Crippen molar-refractivity contribution in [3.8, 4) is 11.8 Å². The lowest BCUT2D eigenvalue weighted by atomic mass is 10.0. The minimum Gasteiger partial charge on any atom is -0.508 e. The van der Waals surface area contributed by atoms with E-state index in [0.29, 0.717) is 6.42 Å². The van der Waals surface area contributed by atoms with Crippen LogP contribution in [0.25, 0.3) is 0 Å². The van der Waals surface area contributed by atoms with Crippen LogP contribution in [0.15, 0.2) is 12.1 Å². The van der Waals surface area contributed by atoms with Crippen molar-refractivity contribution < 1.29 is 5.11 Å². The zero-order chi connectivity index (χ0) is 9.14. The number of hydrogen-bond acceptors (Lipinski definition) is 2. The van der Waals surface area contributed by atoms with E-state index in [9.17, 15) is 5.11 Å². The molecule has 0 unspecified atom stereocenters. The van der Waals surface area contributed by atoms with Gasteiger partial charge in [0.2, 0.25) is 0 Å². The first-order valence-electron chi connectivity index (χ1n) is 3.81. The molecule has 0 bridgehead atoms. The van der Waals surface area contributed by atoms with E-state index in [0.717, 1.165) is 16.7 Å². The van der Waals surface area contributed by atoms with Crippen molar-refractivity contribution in [2.45, 2.75) is 20.3 Å². The fourth-order valence-corrected chi connectivity index (χ4v) is 1.33. The highest BCUT2D eigenvalue weighted by atomic mass is 16.3. The van der Waals surface area contributed by atoms with Gasteiger partial charge in [-0.2, -0.15) is 5.26 Å². The Balaban J connectivity index is 3.21. The summed E-state index contributed by atoms with van der Waals surface area (Å²) in [5.41, 5.74) is 2.98. The van der Waals surface area contributed by atoms with Gasteiger partial charge < -0.3 is 5.11 Å². The van der Waals surface area contributed by atoms with E-state index in [4.69, 9.17) is 5.26 Å². The van der Waals surface area contributed by atoms with Gasteiger partial charge in [-0.05, 0) is 42.7 Å². The Morgan fingerprint density at radius 2 is 1.83 bits per heavy atom. The highest BCUT2D eigenvalue weighted by Gasteiger charge is 2.03. The predicted octanol–water partition coefficient (Wildman–Crippen LogP) is 2.08. The Labute approximate surface area is 72.1 Å². The standard InChI is InChI=1S/C10H11NO/c1-7-5-9(12)6-8(2)10(7)3-4-11/h5-6,12H,3H2,1-2H3. The van der Waals surface area contributed by atoms with E-state index < -0.39 is 0 Å². The molecule has 0 aliphatic carbocycles. The fourth-order valence-electron chi connectivity index (χ4n) is 1.33. The number of phenols is 1. The minimum absolute atomic E-state index is 0.270. The first-order valence-corrected chi connectivity index (χ1v) is 3.81. The van der Waals surface area contributed by atoms with Crippen molar-refractivity contribution in [3.05, 3.63) is 28.8 Å². The molecule has 0 saturated carbocycles. The lowest BCUT2D eigenvalue weighted by Gasteiger charge is -2.06. The molecule has 0 aliphatic rings. The summed E-state index contributed by atoms with van der Waals surface area (Å²) in [4.78, 5) is 0. The molecule has 0 spiro atoms. The van der Waals surface area contributed by atoms with Gasteiger partial charge in [0.15, 0.2) is 0 Å². The van der Waals surface area contributed by atoms with Crippen LogP contribution in [0, 0.1) is 25.2 Å². The number of nitrogens with zero attached hydrogens (tertiary/aromatic N) is 1. The third-order valence-electron chi connectivity index (χ3n) is 1.94. The molecule has 1 N–H and O–H groups in total. The number of rotatable bonds is 1. The molecule has 0 aromatic heterocycles. The lowest BCUT2D eigenvalue weighted by Crippen LogP contribution is -1.91. The number of aromatic hydroxyl groups is 1. The van der Waals surface area contributed by atoms with Crippen LogP contribution in [-0.4, -0.2) is 5.11 Å². The highest BCUT2D eigenvalue weighted by molar-refractivity contribution is 5.41. The summed E-state index contributed by atoms with van der Waals surface area (Å²) in [5, 5.41) is 17.7. The number of hydrogen-bond donors (Lipinski definition) is 1. The molecular formula is C10H11NO. The van der Waals surface area contributed by atoms with Gasteiger partial charge in [0.25, 0.3) is 0 Å². The van der Waals surface area contributed by atoms with Crippen LogP contribution in [0.4, 0.5) is 0 Å². The maximum atomic E-state index is 9.20. The molecule has 0 heterocycles. The Morgan fingerprint density at radius 1 is 1.33 bits per heavy atom. The maximum absolute atomic E-state index is 9.20. The van der Waals surface area contributed by atoms with Gasteiger partial charge >= 0.3 is 0 Å². The van der Waals surface area contributed by atoms with Crippen molar-refractivity contribution in [1.82, 2.24) is 0 Å². The number of aryl methyl sites for hydroxylation is 2. The van der Waals surface area contributed by atoms with Crippen LogP contribution in [0.5, 0.6) is 5.75 Å². The molecule has 0 radical (unpaired) electrons. The predicted molar refractivity (Wildman–Crippen MR) is 46.9 cm³/mol. The Morgan fingerprint density at radius 3 is 2.25 bits per heavy atom. The van der Waals surface area contributed by atoms with E-state index in [2.05, 4.69) is 6.07 Å². The summed E-state index contributed by atoms with van der Waals surface area (Å²) in [5.74, 6) is 0.270. The molecule has 0 fully saturated rings. The van der Waals surface area contributed by atoms with Crippen LogP contribution in [0.2, 0.25) is 0 Å². The minimum atomic E-state index is 0.270. The van der Waals surface area contributed by atoms with Crippen LogP contribution in [0.3, 0.4) is 0 Å². The summed E-state index contributed by atoms with van der Waals surface area (Å²) in [6.07, 6.45) is 0.415. The molecule has 2 heteroatoms. The molecule has 0 aliphatic heterocycles. The first-order chi connectivity index (χ1) is 5.65. The van der Waals surface area contributed by atoms with E-state index in [-0.39, 0.29) is 5.75 Å². The number of benzene rings is 1. The van der Waals surface area contributed by atoms with Gasteiger partial charge in [-0.3, -0.25) is 0 Å². The number of nitriles is 1. The van der Waals surface area contributed by atoms with Crippen molar-refractivity contribution in [2.75, 3.05) is 0 Å². The molecule has 12 heavy (non-hydrogen) atoms. The molecule has 1 aromatic rings. The maximum Gasteiger partial charge on any atom is 0.116 e. The van der Waals surface area contributed by atoms with Gasteiger partial charge in [-0.1, -0.05) is 0 Å². The zero-order valence-electron chi connectivity index (χ0n) is 7.26. The van der Waals surface area contributed by atoms with Crippen molar-refractivity contribution in [3.63, 3.8) is 0 Å². The molecule has 0 atom stereocenters. The second-order valence-electron chi connectivity index (χ2n) is 2.89. The second kappa shape index (κ2) is 3.27. The van der Waals surface area contributed by atoms with Crippen LogP contribution >= 0.6 is 0 Å². The third kappa shape index (κ3) is 1.57. The molecule has 0 saturated heterocycles. The SMILES string of the molecule is Cc1cc(O)cc(C)c1CC#N. The van der Waals surface area contributed by atoms with Gasteiger partial charge in [-0.15, -0.1) is 0 Å². The van der Waals surface area contributed by atoms with Crippen LogP contribution in [0.1, 0.15) is 16.7 Å². The fraction of sp³-hybridized carbons (Fsp3) is 0.300. The lowest BCUT2D eigenvalue weighted by molar-refractivity contribution is 0.474. The molecule has 62 valence electrons. The van der Waals surface area contributed by atoms with Crippen LogP contribution in [-0.2, 0) is 6.42 Å². The average Bonchev–Trinajstić information content (AvgIpc) is 1.96. The Kier molecular flexibility index (Phi) is 2.35. The van der Waals surface area contributed by atoms with Crippen molar-refractivity contribution in [2.24, 2.45) is 0 Å². The Bertz CT molecular complexity index is 313. The summed E-state index contributed by atoms with van der Waals surface area (Å²) in [6, 6.07) is 5.46. The van der Waals surface area contributed by atoms with Crippen molar-refractivity contribution >= 4 is 0 Å².